The minimum absolute atomic E-state index is 0.0388. The number of aromatic nitrogens is 4. The van der Waals surface area contributed by atoms with E-state index in [2.05, 4.69) is 20.4 Å². The Hall–Kier alpha value is -4.54. The molecule has 37 heavy (non-hydrogen) atoms. The van der Waals surface area contributed by atoms with Crippen molar-refractivity contribution >= 4 is 29.1 Å². The summed E-state index contributed by atoms with van der Waals surface area (Å²) in [5, 5.41) is 7.04. The fourth-order valence-corrected chi connectivity index (χ4v) is 4.18. The molecule has 1 N–H and O–H groups in total. The number of likely N-dealkylation sites (tertiary alicyclic amines) is 1. The van der Waals surface area contributed by atoms with Crippen molar-refractivity contribution in [1.82, 2.24) is 24.4 Å². The number of pyridine rings is 1. The van der Waals surface area contributed by atoms with Crippen molar-refractivity contribution in [2.45, 2.75) is 32.6 Å². The first kappa shape index (κ1) is 24.2. The zero-order valence-corrected chi connectivity index (χ0v) is 20.7. The molecule has 0 spiro atoms. The van der Waals surface area contributed by atoms with Crippen LogP contribution in [-0.2, 0) is 16.0 Å². The van der Waals surface area contributed by atoms with E-state index in [1.54, 1.807) is 28.5 Å². The topological polar surface area (TPSA) is 132 Å². The fraction of sp³-hybridized carbons (Fsp3) is 0.308. The predicted molar refractivity (Wildman–Crippen MR) is 133 cm³/mol. The fourth-order valence-electron chi connectivity index (χ4n) is 4.18. The summed E-state index contributed by atoms with van der Waals surface area (Å²) in [6.07, 6.45) is 4.04. The van der Waals surface area contributed by atoms with Crippen LogP contribution in [0.15, 0.2) is 47.2 Å². The van der Waals surface area contributed by atoms with Crippen molar-refractivity contribution in [3.63, 3.8) is 0 Å². The Bertz CT molecular complexity index is 1500. The van der Waals surface area contributed by atoms with Gasteiger partial charge in [-0.1, -0.05) is 17.3 Å². The number of carbonyl (C=O) groups excluding carboxylic acids is 3. The van der Waals surface area contributed by atoms with E-state index < -0.39 is 0 Å². The molecule has 11 heteroatoms. The molecule has 0 bridgehead atoms. The van der Waals surface area contributed by atoms with Gasteiger partial charge in [0.05, 0.1) is 19.2 Å². The van der Waals surface area contributed by atoms with Crippen LogP contribution >= 0.6 is 0 Å². The summed E-state index contributed by atoms with van der Waals surface area (Å²) in [6, 6.07) is 9.30. The van der Waals surface area contributed by atoms with Crippen molar-refractivity contribution in [2.75, 3.05) is 25.5 Å². The molecule has 5 rings (SSSR count). The molecule has 4 heterocycles. The lowest BCUT2D eigenvalue weighted by atomic mass is 10.0. The minimum atomic E-state index is -0.380. The highest BCUT2D eigenvalue weighted by Crippen LogP contribution is 2.29. The second-order valence-corrected chi connectivity index (χ2v) is 9.12. The van der Waals surface area contributed by atoms with Gasteiger partial charge in [-0.25, -0.2) is 9.78 Å². The molecular formula is C26H26N6O5. The molecule has 0 aliphatic carbocycles. The van der Waals surface area contributed by atoms with E-state index in [9.17, 15) is 14.4 Å². The number of Topliss-reactive ketones (excluding diaryl/α,β-unsaturated/α-hetero) is 1. The first-order chi connectivity index (χ1) is 17.8. The molecule has 0 radical (unpaired) electrons. The van der Waals surface area contributed by atoms with Crippen molar-refractivity contribution in [3.8, 4) is 11.4 Å². The van der Waals surface area contributed by atoms with Crippen molar-refractivity contribution in [2.24, 2.45) is 0 Å². The lowest BCUT2D eigenvalue weighted by molar-refractivity contribution is -0.116. The molecule has 3 aromatic heterocycles. The molecular weight excluding hydrogens is 476 g/mol. The van der Waals surface area contributed by atoms with E-state index in [0.717, 1.165) is 11.1 Å². The molecule has 0 unspecified atom stereocenters. The minimum Gasteiger partial charge on any atom is -0.453 e. The maximum absolute atomic E-state index is 13.1. The van der Waals surface area contributed by atoms with Crippen LogP contribution in [0.25, 0.3) is 17.0 Å². The van der Waals surface area contributed by atoms with Gasteiger partial charge in [-0.2, -0.15) is 4.98 Å². The number of nitrogens with one attached hydrogen (secondary N) is 1. The van der Waals surface area contributed by atoms with Crippen LogP contribution in [0.3, 0.4) is 0 Å². The number of rotatable bonds is 7. The van der Waals surface area contributed by atoms with E-state index in [-0.39, 0.29) is 23.7 Å². The zero-order valence-electron chi connectivity index (χ0n) is 20.7. The maximum atomic E-state index is 13.1. The molecule has 1 fully saturated rings. The van der Waals surface area contributed by atoms with Gasteiger partial charge in [0.1, 0.15) is 17.1 Å². The SMILES string of the molecule is COC(=O)N1CC(c2nc(-c3ccc(C)c(NC(=O)c4cnc5cc(CCC(C)=O)ccn45)c3)no2)C1. The van der Waals surface area contributed by atoms with Gasteiger partial charge in [0, 0.05) is 37.0 Å². The van der Waals surface area contributed by atoms with Crippen LogP contribution in [0.4, 0.5) is 10.5 Å². The van der Waals surface area contributed by atoms with Crippen molar-refractivity contribution in [3.05, 3.63) is 65.4 Å². The number of hydrogen-bond donors (Lipinski definition) is 1. The molecule has 0 saturated carbocycles. The summed E-state index contributed by atoms with van der Waals surface area (Å²) >= 11 is 0. The molecule has 1 saturated heterocycles. The average Bonchev–Trinajstić information content (AvgIpc) is 3.50. The van der Waals surface area contributed by atoms with E-state index in [1.165, 1.54) is 13.3 Å². The number of aryl methyl sites for hydroxylation is 2. The number of methoxy groups -OCH3 is 1. The predicted octanol–water partition coefficient (Wildman–Crippen LogP) is 3.63. The summed E-state index contributed by atoms with van der Waals surface area (Å²) in [4.78, 5) is 46.4. The second-order valence-electron chi connectivity index (χ2n) is 9.12. The molecule has 11 nitrogen and oxygen atoms in total. The van der Waals surface area contributed by atoms with Gasteiger partial charge in [-0.05, 0) is 49.6 Å². The number of amides is 2. The number of ketones is 1. The van der Waals surface area contributed by atoms with Crippen molar-refractivity contribution in [1.29, 1.82) is 0 Å². The smallest absolute Gasteiger partial charge is 0.409 e. The number of ether oxygens (including phenoxy) is 1. The number of nitrogens with zero attached hydrogens (tertiary/aromatic N) is 5. The largest absolute Gasteiger partial charge is 0.453 e. The lowest BCUT2D eigenvalue weighted by Gasteiger charge is -2.35. The molecule has 0 atom stereocenters. The number of benzene rings is 1. The Balaban J connectivity index is 1.30. The van der Waals surface area contributed by atoms with Crippen LogP contribution in [0.5, 0.6) is 0 Å². The van der Waals surface area contributed by atoms with Crippen molar-refractivity contribution < 1.29 is 23.6 Å². The Kier molecular flexibility index (Phi) is 6.43. The number of hydrogen-bond acceptors (Lipinski definition) is 8. The highest BCUT2D eigenvalue weighted by molar-refractivity contribution is 6.04. The summed E-state index contributed by atoms with van der Waals surface area (Å²) in [7, 11) is 1.35. The number of carbonyl (C=O) groups is 3. The summed E-state index contributed by atoms with van der Waals surface area (Å²) in [5.74, 6) is 0.634. The number of fused-ring (bicyclic) bond motifs is 1. The first-order valence-corrected chi connectivity index (χ1v) is 11.9. The van der Waals surface area contributed by atoms with Gasteiger partial charge in [0.25, 0.3) is 5.91 Å². The molecule has 1 aliphatic rings. The molecule has 190 valence electrons. The van der Waals surface area contributed by atoms with Gasteiger partial charge in [-0.3, -0.25) is 9.20 Å². The third-order valence-corrected chi connectivity index (χ3v) is 6.43. The highest BCUT2D eigenvalue weighted by atomic mass is 16.5. The molecule has 4 aromatic rings. The first-order valence-electron chi connectivity index (χ1n) is 11.9. The monoisotopic (exact) mass is 502 g/mol. The van der Waals surface area contributed by atoms with Gasteiger partial charge >= 0.3 is 6.09 Å². The Labute approximate surface area is 212 Å². The van der Waals surface area contributed by atoms with Crippen LogP contribution in [0, 0.1) is 6.92 Å². The summed E-state index contributed by atoms with van der Waals surface area (Å²) < 4.78 is 11.9. The van der Waals surface area contributed by atoms with Gasteiger partial charge in [0.2, 0.25) is 11.7 Å². The third-order valence-electron chi connectivity index (χ3n) is 6.43. The second kappa shape index (κ2) is 9.84. The van der Waals surface area contributed by atoms with Crippen LogP contribution in [0.1, 0.15) is 46.8 Å². The Morgan fingerprint density at radius 2 is 2.00 bits per heavy atom. The lowest BCUT2D eigenvalue weighted by Crippen LogP contribution is -2.48. The quantitative estimate of drug-likeness (QED) is 0.405. The van der Waals surface area contributed by atoms with Crippen LogP contribution < -0.4 is 5.32 Å². The molecule has 1 aromatic carbocycles. The maximum Gasteiger partial charge on any atom is 0.409 e. The van der Waals surface area contributed by atoms with Gasteiger partial charge in [0.15, 0.2) is 0 Å². The third kappa shape index (κ3) is 4.92. The number of anilines is 1. The van der Waals surface area contributed by atoms with Crippen LogP contribution in [0.2, 0.25) is 0 Å². The summed E-state index contributed by atoms with van der Waals surface area (Å²) in [6.45, 7) is 4.38. The van der Waals surface area contributed by atoms with Gasteiger partial charge in [-0.15, -0.1) is 0 Å². The summed E-state index contributed by atoms with van der Waals surface area (Å²) in [5.41, 5.74) is 4.19. The molecule has 2 amide bonds. The van der Waals surface area contributed by atoms with Gasteiger partial charge < -0.3 is 24.3 Å². The van der Waals surface area contributed by atoms with E-state index in [0.29, 0.717) is 60.2 Å². The zero-order chi connectivity index (χ0) is 26.1. The Morgan fingerprint density at radius 3 is 2.76 bits per heavy atom. The normalized spacial score (nSPS) is 13.4. The van der Waals surface area contributed by atoms with E-state index in [1.807, 2.05) is 31.2 Å². The number of imidazole rings is 1. The Morgan fingerprint density at radius 1 is 1.19 bits per heavy atom. The van der Waals surface area contributed by atoms with Crippen LogP contribution in [-0.4, -0.2) is 62.4 Å². The highest BCUT2D eigenvalue weighted by Gasteiger charge is 2.36. The standard InChI is InChI=1S/C26H26N6O5/c1-15-4-7-18(23-29-25(37-30-23)19-13-31(14-19)26(35)36-3)11-20(15)28-24(34)21-12-27-22-10-17(6-5-16(2)33)8-9-32(21)22/h4,7-12,19H,5-6,13-14H2,1-3H3,(H,28,34). The average molecular weight is 503 g/mol. The van der Waals surface area contributed by atoms with E-state index >= 15 is 0 Å². The van der Waals surface area contributed by atoms with E-state index in [4.69, 9.17) is 9.26 Å². The molecule has 1 aliphatic heterocycles.